The number of ether oxygens (including phenoxy) is 1. The van der Waals surface area contributed by atoms with Gasteiger partial charge in [0.05, 0.1) is 6.10 Å². The maximum Gasteiger partial charge on any atom is 0.249 e. The fourth-order valence-corrected chi connectivity index (χ4v) is 3.30. The van der Waals surface area contributed by atoms with Crippen molar-refractivity contribution in [3.63, 3.8) is 0 Å². The van der Waals surface area contributed by atoms with Crippen molar-refractivity contribution in [1.29, 1.82) is 0 Å². The molecule has 7 heteroatoms. The second-order valence-corrected chi connectivity index (χ2v) is 6.27. The van der Waals surface area contributed by atoms with E-state index in [9.17, 15) is 4.79 Å². The van der Waals surface area contributed by atoms with Crippen LogP contribution in [0.1, 0.15) is 24.8 Å². The van der Waals surface area contributed by atoms with Gasteiger partial charge in [0.15, 0.2) is 0 Å². The Morgan fingerprint density at radius 3 is 2.62 bits per heavy atom. The van der Waals surface area contributed by atoms with Crippen LogP contribution in [-0.2, 0) is 16.1 Å². The minimum Gasteiger partial charge on any atom is -0.364 e. The zero-order valence-electron chi connectivity index (χ0n) is 13.7. The Morgan fingerprint density at radius 2 is 1.96 bits per heavy atom. The zero-order valence-corrected chi connectivity index (χ0v) is 15.4. The molecule has 1 aromatic carbocycles. The smallest absolute Gasteiger partial charge is 0.249 e. The standard InChI is InChI=1S/C17H25N3O2.2ClH/c18-10-15-6-7-16(22-15)17(21)19-14-8-9-20(12-14)11-13-4-2-1-3-5-13;;/h1-5,14-16H,6-12,18H2,(H,19,21);2*1H/t14?,15-,16+;;/m1../s1. The molecule has 0 spiro atoms. The average molecular weight is 376 g/mol. The Morgan fingerprint density at radius 1 is 1.21 bits per heavy atom. The summed E-state index contributed by atoms with van der Waals surface area (Å²) in [4.78, 5) is 14.6. The fourth-order valence-electron chi connectivity index (χ4n) is 3.30. The number of nitrogens with two attached hydrogens (primary N) is 1. The number of carbonyl (C=O) groups is 1. The predicted octanol–water partition coefficient (Wildman–Crippen LogP) is 1.73. The van der Waals surface area contributed by atoms with Crippen molar-refractivity contribution in [3.8, 4) is 0 Å². The summed E-state index contributed by atoms with van der Waals surface area (Å²) >= 11 is 0. The van der Waals surface area contributed by atoms with Gasteiger partial charge in [-0.1, -0.05) is 30.3 Å². The minimum atomic E-state index is -0.309. The monoisotopic (exact) mass is 375 g/mol. The van der Waals surface area contributed by atoms with Gasteiger partial charge in [-0.15, -0.1) is 24.8 Å². The number of amides is 1. The van der Waals surface area contributed by atoms with Gasteiger partial charge in [-0.2, -0.15) is 0 Å². The number of nitrogens with zero attached hydrogens (tertiary/aromatic N) is 1. The molecule has 3 atom stereocenters. The number of hydrogen-bond donors (Lipinski definition) is 2. The summed E-state index contributed by atoms with van der Waals surface area (Å²) in [7, 11) is 0. The van der Waals surface area contributed by atoms with Gasteiger partial charge in [-0.25, -0.2) is 0 Å². The highest BCUT2D eigenvalue weighted by Crippen LogP contribution is 2.20. The maximum atomic E-state index is 12.2. The number of hydrogen-bond acceptors (Lipinski definition) is 4. The van der Waals surface area contributed by atoms with Gasteiger partial charge in [-0.3, -0.25) is 9.69 Å². The van der Waals surface area contributed by atoms with Crippen LogP contribution in [0.3, 0.4) is 0 Å². The highest BCUT2D eigenvalue weighted by molar-refractivity contribution is 5.85. The van der Waals surface area contributed by atoms with Crippen LogP contribution in [0.15, 0.2) is 30.3 Å². The first-order chi connectivity index (χ1) is 10.7. The van der Waals surface area contributed by atoms with E-state index in [2.05, 4.69) is 34.5 Å². The van der Waals surface area contributed by atoms with Gasteiger partial charge in [0.2, 0.25) is 5.91 Å². The molecule has 0 bridgehead atoms. The van der Waals surface area contributed by atoms with E-state index in [1.807, 2.05) is 6.07 Å². The molecule has 0 saturated carbocycles. The molecule has 0 aliphatic carbocycles. The van der Waals surface area contributed by atoms with E-state index in [-0.39, 0.29) is 49.0 Å². The quantitative estimate of drug-likeness (QED) is 0.822. The molecule has 1 amide bonds. The van der Waals surface area contributed by atoms with Crippen molar-refractivity contribution < 1.29 is 9.53 Å². The molecule has 2 fully saturated rings. The van der Waals surface area contributed by atoms with Crippen molar-refractivity contribution in [1.82, 2.24) is 10.2 Å². The summed E-state index contributed by atoms with van der Waals surface area (Å²) in [6.07, 6.45) is 2.42. The molecular formula is C17H27Cl2N3O2. The van der Waals surface area contributed by atoms with Crippen molar-refractivity contribution in [2.24, 2.45) is 5.73 Å². The Balaban J connectivity index is 0.00000144. The third-order valence-electron chi connectivity index (χ3n) is 4.53. The van der Waals surface area contributed by atoms with Crippen LogP contribution in [0.5, 0.6) is 0 Å². The summed E-state index contributed by atoms with van der Waals surface area (Å²) in [6, 6.07) is 10.7. The van der Waals surface area contributed by atoms with Crippen molar-refractivity contribution >= 4 is 30.7 Å². The third-order valence-corrected chi connectivity index (χ3v) is 4.53. The molecule has 2 saturated heterocycles. The summed E-state index contributed by atoms with van der Waals surface area (Å²) < 4.78 is 5.65. The van der Waals surface area contributed by atoms with E-state index < -0.39 is 0 Å². The Kier molecular flexibility index (Phi) is 9.02. The van der Waals surface area contributed by atoms with E-state index >= 15 is 0 Å². The van der Waals surface area contributed by atoms with Crippen LogP contribution in [0.25, 0.3) is 0 Å². The normalized spacial score (nSPS) is 26.5. The number of rotatable bonds is 5. The molecule has 5 nitrogen and oxygen atoms in total. The summed E-state index contributed by atoms with van der Waals surface area (Å²) in [5.41, 5.74) is 6.91. The Hall–Kier alpha value is -0.850. The number of likely N-dealkylation sites (tertiary alicyclic amines) is 1. The van der Waals surface area contributed by atoms with Gasteiger partial charge < -0.3 is 15.8 Å². The van der Waals surface area contributed by atoms with Crippen LogP contribution in [0, 0.1) is 0 Å². The van der Waals surface area contributed by atoms with Gasteiger partial charge in [0.25, 0.3) is 0 Å². The van der Waals surface area contributed by atoms with Crippen LogP contribution < -0.4 is 11.1 Å². The highest BCUT2D eigenvalue weighted by Gasteiger charge is 2.32. The molecule has 24 heavy (non-hydrogen) atoms. The molecule has 2 heterocycles. The van der Waals surface area contributed by atoms with Crippen LogP contribution >= 0.6 is 24.8 Å². The molecule has 2 aliphatic heterocycles. The molecular weight excluding hydrogens is 349 g/mol. The Labute approximate surface area is 156 Å². The molecule has 1 aromatic rings. The lowest BCUT2D eigenvalue weighted by atomic mass is 10.1. The molecule has 136 valence electrons. The van der Waals surface area contributed by atoms with E-state index in [4.69, 9.17) is 10.5 Å². The average Bonchev–Trinajstić information content (AvgIpc) is 3.17. The first-order valence-corrected chi connectivity index (χ1v) is 8.17. The molecule has 3 rings (SSSR count). The largest absolute Gasteiger partial charge is 0.364 e. The molecule has 0 aromatic heterocycles. The van der Waals surface area contributed by atoms with Gasteiger partial charge in [0.1, 0.15) is 6.10 Å². The minimum absolute atomic E-state index is 0. The maximum absolute atomic E-state index is 12.2. The summed E-state index contributed by atoms with van der Waals surface area (Å²) in [5.74, 6) is 0.0301. The van der Waals surface area contributed by atoms with Crippen molar-refractivity contribution in [2.75, 3.05) is 19.6 Å². The number of carbonyl (C=O) groups excluding carboxylic acids is 1. The number of benzene rings is 1. The second-order valence-electron chi connectivity index (χ2n) is 6.27. The first kappa shape index (κ1) is 21.2. The van der Waals surface area contributed by atoms with Crippen molar-refractivity contribution in [2.45, 2.75) is 44.1 Å². The Bertz CT molecular complexity index is 504. The zero-order chi connectivity index (χ0) is 15.4. The molecule has 1 unspecified atom stereocenters. The van der Waals surface area contributed by atoms with E-state index in [1.165, 1.54) is 5.56 Å². The van der Waals surface area contributed by atoms with E-state index in [0.717, 1.165) is 38.9 Å². The lowest BCUT2D eigenvalue weighted by Gasteiger charge is -2.18. The third kappa shape index (κ3) is 5.60. The summed E-state index contributed by atoms with van der Waals surface area (Å²) in [6.45, 7) is 3.38. The van der Waals surface area contributed by atoms with Gasteiger partial charge >= 0.3 is 0 Å². The fraction of sp³-hybridized carbons (Fsp3) is 0.588. The summed E-state index contributed by atoms with van der Waals surface area (Å²) in [5, 5.41) is 3.13. The van der Waals surface area contributed by atoms with Crippen molar-refractivity contribution in [3.05, 3.63) is 35.9 Å². The second kappa shape index (κ2) is 10.2. The van der Waals surface area contributed by atoms with Crippen LogP contribution in [0.2, 0.25) is 0 Å². The van der Waals surface area contributed by atoms with Crippen LogP contribution in [-0.4, -0.2) is 48.7 Å². The van der Waals surface area contributed by atoms with Gasteiger partial charge in [0, 0.05) is 32.2 Å². The van der Waals surface area contributed by atoms with E-state index in [0.29, 0.717) is 6.54 Å². The van der Waals surface area contributed by atoms with Crippen LogP contribution in [0.4, 0.5) is 0 Å². The number of halogens is 2. The lowest BCUT2D eigenvalue weighted by Crippen LogP contribution is -2.43. The molecule has 3 N–H and O–H groups in total. The predicted molar refractivity (Wildman–Crippen MR) is 99.7 cm³/mol. The van der Waals surface area contributed by atoms with E-state index in [1.54, 1.807) is 0 Å². The molecule has 2 aliphatic rings. The lowest BCUT2D eigenvalue weighted by molar-refractivity contribution is -0.132. The SMILES string of the molecule is Cl.Cl.NC[C@H]1CC[C@@H](C(=O)NC2CCN(Cc3ccccc3)C2)O1. The topological polar surface area (TPSA) is 67.6 Å². The molecule has 0 radical (unpaired) electrons. The first-order valence-electron chi connectivity index (χ1n) is 8.17. The highest BCUT2D eigenvalue weighted by atomic mass is 35.5. The van der Waals surface area contributed by atoms with Gasteiger partial charge in [-0.05, 0) is 24.8 Å². The number of nitrogens with one attached hydrogen (secondary N) is 1.